The van der Waals surface area contributed by atoms with Crippen LogP contribution in [0.4, 0.5) is 0 Å². The quantitative estimate of drug-likeness (QED) is 0.592. The van der Waals surface area contributed by atoms with E-state index >= 15 is 0 Å². The minimum atomic E-state index is -0.573. The molecule has 2 rings (SSSR count). The third-order valence-corrected chi connectivity index (χ3v) is 3.67. The van der Waals surface area contributed by atoms with Gasteiger partial charge in [-0.25, -0.2) is 0 Å². The van der Waals surface area contributed by atoms with Crippen LogP contribution in [0.1, 0.15) is 28.4 Å². The zero-order chi connectivity index (χ0) is 18.2. The molecule has 2 aromatic carbocycles. The lowest BCUT2D eigenvalue weighted by Gasteiger charge is -2.09. The fraction of sp³-hybridized carbons (Fsp3) is 0.200. The average Bonchev–Trinajstić information content (AvgIpc) is 2.64. The summed E-state index contributed by atoms with van der Waals surface area (Å²) in [6, 6.07) is 12.7. The number of aryl methyl sites for hydroxylation is 1. The van der Waals surface area contributed by atoms with Crippen LogP contribution in [0.3, 0.4) is 0 Å². The minimum Gasteiger partial charge on any atom is -0.496 e. The van der Waals surface area contributed by atoms with Gasteiger partial charge in [0.05, 0.1) is 12.7 Å². The van der Waals surface area contributed by atoms with Crippen LogP contribution in [0.2, 0.25) is 0 Å². The van der Waals surface area contributed by atoms with Crippen molar-refractivity contribution in [3.63, 3.8) is 0 Å². The molecule has 5 heteroatoms. The standard InChI is InChI=1S/C20H21NO4/c1-3-14-6-4-5-7-15(14)8-11-18(22)17-10-9-16(12-19(17)24-2)25-13-20(21)23/h4-12H,3,13H2,1-2H3,(H2,21,23)/b11-8+. The highest BCUT2D eigenvalue weighted by atomic mass is 16.5. The maximum atomic E-state index is 12.5. The van der Waals surface area contributed by atoms with E-state index in [0.29, 0.717) is 17.1 Å². The van der Waals surface area contributed by atoms with Crippen molar-refractivity contribution in [1.82, 2.24) is 0 Å². The van der Waals surface area contributed by atoms with Crippen LogP contribution in [0.15, 0.2) is 48.5 Å². The summed E-state index contributed by atoms with van der Waals surface area (Å²) in [5.41, 5.74) is 7.65. The number of carbonyl (C=O) groups is 2. The SMILES string of the molecule is CCc1ccccc1/C=C/C(=O)c1ccc(OCC(N)=O)cc1OC. The van der Waals surface area contributed by atoms with E-state index in [-0.39, 0.29) is 12.4 Å². The molecule has 25 heavy (non-hydrogen) atoms. The zero-order valence-electron chi connectivity index (χ0n) is 14.3. The Labute approximate surface area is 147 Å². The lowest BCUT2D eigenvalue weighted by molar-refractivity contribution is -0.119. The van der Waals surface area contributed by atoms with Gasteiger partial charge in [-0.15, -0.1) is 0 Å². The molecule has 0 saturated carbocycles. The molecular formula is C20H21NO4. The molecule has 0 aliphatic carbocycles. The number of rotatable bonds is 8. The topological polar surface area (TPSA) is 78.6 Å². The van der Waals surface area contributed by atoms with Crippen LogP contribution in [0, 0.1) is 0 Å². The number of ether oxygens (including phenoxy) is 2. The van der Waals surface area contributed by atoms with E-state index in [1.54, 1.807) is 24.3 Å². The number of ketones is 1. The summed E-state index contributed by atoms with van der Waals surface area (Å²) < 4.78 is 10.5. The van der Waals surface area contributed by atoms with Gasteiger partial charge in [0, 0.05) is 6.07 Å². The molecule has 0 heterocycles. The van der Waals surface area contributed by atoms with Gasteiger partial charge in [0.1, 0.15) is 11.5 Å². The highest BCUT2D eigenvalue weighted by Gasteiger charge is 2.11. The molecule has 2 aromatic rings. The Morgan fingerprint density at radius 3 is 2.60 bits per heavy atom. The Hall–Kier alpha value is -3.08. The van der Waals surface area contributed by atoms with Crippen molar-refractivity contribution in [1.29, 1.82) is 0 Å². The van der Waals surface area contributed by atoms with Gasteiger partial charge in [0.2, 0.25) is 0 Å². The summed E-state index contributed by atoms with van der Waals surface area (Å²) in [7, 11) is 1.47. The number of hydrogen-bond acceptors (Lipinski definition) is 4. The molecule has 0 bridgehead atoms. The van der Waals surface area contributed by atoms with Crippen molar-refractivity contribution in [3.05, 3.63) is 65.2 Å². The maximum absolute atomic E-state index is 12.5. The highest BCUT2D eigenvalue weighted by molar-refractivity contribution is 6.08. The molecule has 0 aliphatic rings. The first-order valence-electron chi connectivity index (χ1n) is 7.94. The Balaban J connectivity index is 2.20. The van der Waals surface area contributed by atoms with E-state index in [0.717, 1.165) is 12.0 Å². The van der Waals surface area contributed by atoms with Gasteiger partial charge in [-0.2, -0.15) is 0 Å². The third kappa shape index (κ3) is 4.94. The molecule has 0 unspecified atom stereocenters. The molecule has 0 fully saturated rings. The van der Waals surface area contributed by atoms with Gasteiger partial charge < -0.3 is 15.2 Å². The molecule has 0 atom stereocenters. The number of benzene rings is 2. The summed E-state index contributed by atoms with van der Waals surface area (Å²) >= 11 is 0. The molecule has 0 radical (unpaired) electrons. The molecule has 1 amide bonds. The largest absolute Gasteiger partial charge is 0.496 e. The number of carbonyl (C=O) groups excluding carboxylic acids is 2. The number of hydrogen-bond donors (Lipinski definition) is 1. The third-order valence-electron chi connectivity index (χ3n) is 3.67. The summed E-state index contributed by atoms with van der Waals surface area (Å²) in [5, 5.41) is 0. The molecule has 0 saturated heterocycles. The van der Waals surface area contributed by atoms with Crippen LogP contribution in [-0.4, -0.2) is 25.4 Å². The van der Waals surface area contributed by atoms with Crippen molar-refractivity contribution in [2.24, 2.45) is 5.73 Å². The molecule has 0 aromatic heterocycles. The first-order chi connectivity index (χ1) is 12.0. The van der Waals surface area contributed by atoms with Crippen LogP contribution in [-0.2, 0) is 11.2 Å². The van der Waals surface area contributed by atoms with Crippen molar-refractivity contribution < 1.29 is 19.1 Å². The summed E-state index contributed by atoms with van der Waals surface area (Å²) in [6.45, 7) is 1.84. The van der Waals surface area contributed by atoms with Gasteiger partial charge in [-0.05, 0) is 35.8 Å². The number of nitrogens with two attached hydrogens (primary N) is 1. The van der Waals surface area contributed by atoms with Crippen LogP contribution in [0.25, 0.3) is 6.08 Å². The fourth-order valence-corrected chi connectivity index (χ4v) is 2.39. The monoisotopic (exact) mass is 339 g/mol. The first-order valence-corrected chi connectivity index (χ1v) is 7.94. The smallest absolute Gasteiger partial charge is 0.255 e. The number of primary amides is 1. The van der Waals surface area contributed by atoms with E-state index in [1.807, 2.05) is 24.3 Å². The van der Waals surface area contributed by atoms with Crippen molar-refractivity contribution >= 4 is 17.8 Å². The van der Waals surface area contributed by atoms with Gasteiger partial charge in [0.15, 0.2) is 12.4 Å². The van der Waals surface area contributed by atoms with Crippen LogP contribution in [0.5, 0.6) is 11.5 Å². The lowest BCUT2D eigenvalue weighted by atomic mass is 10.0. The van der Waals surface area contributed by atoms with Crippen LogP contribution < -0.4 is 15.2 Å². The second kappa shape index (κ2) is 8.68. The van der Waals surface area contributed by atoms with E-state index < -0.39 is 5.91 Å². The Morgan fingerprint density at radius 1 is 1.16 bits per heavy atom. The van der Waals surface area contributed by atoms with Crippen molar-refractivity contribution in [2.75, 3.05) is 13.7 Å². The Kier molecular flexibility index (Phi) is 6.34. The van der Waals surface area contributed by atoms with E-state index in [9.17, 15) is 9.59 Å². The summed E-state index contributed by atoms with van der Waals surface area (Å²) in [4.78, 5) is 23.3. The van der Waals surface area contributed by atoms with E-state index in [1.165, 1.54) is 18.7 Å². The molecule has 5 nitrogen and oxygen atoms in total. The highest BCUT2D eigenvalue weighted by Crippen LogP contribution is 2.26. The molecule has 130 valence electrons. The Bertz CT molecular complexity index is 796. The second-order valence-corrected chi connectivity index (χ2v) is 5.37. The maximum Gasteiger partial charge on any atom is 0.255 e. The van der Waals surface area contributed by atoms with Gasteiger partial charge in [-0.3, -0.25) is 9.59 Å². The van der Waals surface area contributed by atoms with E-state index in [4.69, 9.17) is 15.2 Å². The molecule has 0 spiro atoms. The number of amides is 1. The number of allylic oxidation sites excluding steroid dienone is 1. The lowest BCUT2D eigenvalue weighted by Crippen LogP contribution is -2.20. The molecule has 0 aliphatic heterocycles. The molecular weight excluding hydrogens is 318 g/mol. The Morgan fingerprint density at radius 2 is 1.92 bits per heavy atom. The number of methoxy groups -OCH3 is 1. The van der Waals surface area contributed by atoms with Crippen molar-refractivity contribution in [3.8, 4) is 11.5 Å². The summed E-state index contributed by atoms with van der Waals surface area (Å²) in [6.07, 6.45) is 4.22. The fourth-order valence-electron chi connectivity index (χ4n) is 2.39. The van der Waals surface area contributed by atoms with Gasteiger partial charge >= 0.3 is 0 Å². The average molecular weight is 339 g/mol. The predicted molar refractivity (Wildman–Crippen MR) is 96.9 cm³/mol. The van der Waals surface area contributed by atoms with Crippen molar-refractivity contribution in [2.45, 2.75) is 13.3 Å². The predicted octanol–water partition coefficient (Wildman–Crippen LogP) is 3.02. The first kappa shape index (κ1) is 18.3. The van der Waals surface area contributed by atoms with Crippen LogP contribution >= 0.6 is 0 Å². The van der Waals surface area contributed by atoms with Gasteiger partial charge in [-0.1, -0.05) is 37.3 Å². The zero-order valence-corrected chi connectivity index (χ0v) is 14.3. The van der Waals surface area contributed by atoms with E-state index in [2.05, 4.69) is 6.92 Å². The summed E-state index contributed by atoms with van der Waals surface area (Å²) in [5.74, 6) is 0.0359. The molecule has 2 N–H and O–H groups in total. The minimum absolute atomic E-state index is 0.177. The normalized spacial score (nSPS) is 10.6. The second-order valence-electron chi connectivity index (χ2n) is 5.37. The van der Waals surface area contributed by atoms with Gasteiger partial charge in [0.25, 0.3) is 5.91 Å².